The number of alkyl halides is 1. The van der Waals surface area contributed by atoms with Gasteiger partial charge in [0.15, 0.2) is 0 Å². The minimum absolute atomic E-state index is 0.448. The average Bonchev–Trinajstić information content (AvgIpc) is 2.39. The molecule has 2 aromatic rings. The van der Waals surface area contributed by atoms with Crippen molar-refractivity contribution >= 4 is 11.6 Å². The summed E-state index contributed by atoms with van der Waals surface area (Å²) in [6, 6.07) is 11.5. The SMILES string of the molecule is COCc1cccc(Oc2cc(CCl)cc(C)n2)c1. The fourth-order valence-corrected chi connectivity index (χ4v) is 1.98. The summed E-state index contributed by atoms with van der Waals surface area (Å²) in [4.78, 5) is 4.34. The lowest BCUT2D eigenvalue weighted by molar-refractivity contribution is 0.184. The zero-order valence-corrected chi connectivity index (χ0v) is 11.8. The van der Waals surface area contributed by atoms with E-state index in [0.29, 0.717) is 18.4 Å². The standard InChI is InChI=1S/C15H16ClNO2/c1-11-6-13(9-16)8-15(17-11)19-14-5-3-4-12(7-14)10-18-2/h3-8H,9-10H2,1-2H3. The van der Waals surface area contributed by atoms with Crippen molar-refractivity contribution in [1.29, 1.82) is 0 Å². The van der Waals surface area contributed by atoms with Crippen LogP contribution in [-0.2, 0) is 17.2 Å². The maximum absolute atomic E-state index is 5.84. The quantitative estimate of drug-likeness (QED) is 0.772. The van der Waals surface area contributed by atoms with Crippen LogP contribution in [0, 0.1) is 6.92 Å². The Hall–Kier alpha value is -1.58. The fraction of sp³-hybridized carbons (Fsp3) is 0.267. The molecule has 4 heteroatoms. The normalized spacial score (nSPS) is 10.5. The number of aromatic nitrogens is 1. The molecule has 2 rings (SSSR count). The average molecular weight is 278 g/mol. The van der Waals surface area contributed by atoms with E-state index in [1.807, 2.05) is 43.3 Å². The van der Waals surface area contributed by atoms with Crippen molar-refractivity contribution in [1.82, 2.24) is 4.98 Å². The first-order valence-electron chi connectivity index (χ1n) is 6.00. The van der Waals surface area contributed by atoms with Crippen molar-refractivity contribution in [2.75, 3.05) is 7.11 Å². The number of rotatable bonds is 5. The van der Waals surface area contributed by atoms with E-state index in [-0.39, 0.29) is 0 Å². The summed E-state index contributed by atoms with van der Waals surface area (Å²) in [5.74, 6) is 1.75. The zero-order valence-electron chi connectivity index (χ0n) is 11.0. The Morgan fingerprint density at radius 2 is 2.00 bits per heavy atom. The van der Waals surface area contributed by atoms with Crippen LogP contribution >= 0.6 is 11.6 Å². The summed E-state index contributed by atoms with van der Waals surface area (Å²) in [5.41, 5.74) is 2.95. The van der Waals surface area contributed by atoms with Gasteiger partial charge in [0.25, 0.3) is 0 Å². The molecular formula is C15H16ClNO2. The molecule has 0 saturated carbocycles. The van der Waals surface area contributed by atoms with Crippen molar-refractivity contribution in [2.24, 2.45) is 0 Å². The molecule has 0 spiro atoms. The van der Waals surface area contributed by atoms with Gasteiger partial charge in [0, 0.05) is 24.8 Å². The molecule has 1 heterocycles. The predicted octanol–water partition coefficient (Wildman–Crippen LogP) is 4.07. The van der Waals surface area contributed by atoms with Gasteiger partial charge >= 0.3 is 0 Å². The van der Waals surface area contributed by atoms with Crippen molar-refractivity contribution in [3.8, 4) is 11.6 Å². The van der Waals surface area contributed by atoms with Gasteiger partial charge in [-0.1, -0.05) is 12.1 Å². The van der Waals surface area contributed by atoms with Gasteiger partial charge in [0.2, 0.25) is 5.88 Å². The Labute approximate surface area is 118 Å². The van der Waals surface area contributed by atoms with E-state index in [4.69, 9.17) is 21.1 Å². The maximum Gasteiger partial charge on any atom is 0.219 e. The summed E-state index contributed by atoms with van der Waals surface area (Å²) >= 11 is 5.84. The van der Waals surface area contributed by atoms with Crippen molar-refractivity contribution < 1.29 is 9.47 Å². The highest BCUT2D eigenvalue weighted by molar-refractivity contribution is 6.17. The minimum Gasteiger partial charge on any atom is -0.439 e. The van der Waals surface area contributed by atoms with Crippen LogP contribution in [0.15, 0.2) is 36.4 Å². The molecule has 0 aliphatic heterocycles. The molecule has 1 aromatic carbocycles. The smallest absolute Gasteiger partial charge is 0.219 e. The van der Waals surface area contributed by atoms with E-state index >= 15 is 0 Å². The lowest BCUT2D eigenvalue weighted by atomic mass is 10.2. The van der Waals surface area contributed by atoms with Gasteiger partial charge < -0.3 is 9.47 Å². The molecule has 0 bridgehead atoms. The van der Waals surface area contributed by atoms with E-state index < -0.39 is 0 Å². The summed E-state index contributed by atoms with van der Waals surface area (Å²) in [5, 5.41) is 0. The van der Waals surface area contributed by atoms with Crippen molar-refractivity contribution in [3.63, 3.8) is 0 Å². The summed E-state index contributed by atoms with van der Waals surface area (Å²) in [6.07, 6.45) is 0. The molecule has 0 amide bonds. The predicted molar refractivity (Wildman–Crippen MR) is 75.8 cm³/mol. The van der Waals surface area contributed by atoms with E-state index in [9.17, 15) is 0 Å². The molecule has 0 aliphatic carbocycles. The second-order valence-electron chi connectivity index (χ2n) is 4.27. The monoisotopic (exact) mass is 277 g/mol. The molecule has 0 atom stereocenters. The summed E-state index contributed by atoms with van der Waals surface area (Å²) < 4.78 is 10.9. The number of halogens is 1. The number of pyridine rings is 1. The topological polar surface area (TPSA) is 31.4 Å². The van der Waals surface area contributed by atoms with Crippen LogP contribution in [0.2, 0.25) is 0 Å². The van der Waals surface area contributed by atoms with Gasteiger partial charge in [0.1, 0.15) is 5.75 Å². The molecule has 100 valence electrons. The van der Waals surface area contributed by atoms with E-state index in [1.165, 1.54) is 0 Å². The van der Waals surface area contributed by atoms with Crippen LogP contribution in [-0.4, -0.2) is 12.1 Å². The highest BCUT2D eigenvalue weighted by atomic mass is 35.5. The third-order valence-corrected chi connectivity index (χ3v) is 2.88. The highest BCUT2D eigenvalue weighted by Crippen LogP contribution is 2.23. The first-order chi connectivity index (χ1) is 9.21. The molecule has 0 unspecified atom stereocenters. The van der Waals surface area contributed by atoms with Crippen LogP contribution in [0.25, 0.3) is 0 Å². The van der Waals surface area contributed by atoms with Crippen molar-refractivity contribution in [3.05, 3.63) is 53.2 Å². The van der Waals surface area contributed by atoms with E-state index in [1.54, 1.807) is 7.11 Å². The fourth-order valence-electron chi connectivity index (χ4n) is 1.82. The van der Waals surface area contributed by atoms with E-state index in [0.717, 1.165) is 22.6 Å². The number of methoxy groups -OCH3 is 1. The van der Waals surface area contributed by atoms with Gasteiger partial charge in [0.05, 0.1) is 6.61 Å². The van der Waals surface area contributed by atoms with Crippen LogP contribution < -0.4 is 4.74 Å². The molecule has 0 aliphatic rings. The Balaban J connectivity index is 2.20. The largest absolute Gasteiger partial charge is 0.439 e. The number of hydrogen-bond donors (Lipinski definition) is 0. The molecule has 0 saturated heterocycles. The Bertz CT molecular complexity index is 558. The van der Waals surface area contributed by atoms with Gasteiger partial charge in [-0.3, -0.25) is 0 Å². The van der Waals surface area contributed by atoms with E-state index in [2.05, 4.69) is 4.98 Å². The van der Waals surface area contributed by atoms with Crippen LogP contribution in [0.3, 0.4) is 0 Å². The lowest BCUT2D eigenvalue weighted by Gasteiger charge is -2.08. The summed E-state index contributed by atoms with van der Waals surface area (Å²) in [7, 11) is 1.67. The second-order valence-corrected chi connectivity index (χ2v) is 4.54. The maximum atomic E-state index is 5.84. The van der Waals surface area contributed by atoms with Crippen LogP contribution in [0.5, 0.6) is 11.6 Å². The second kappa shape index (κ2) is 6.55. The Kier molecular flexibility index (Phi) is 4.77. The zero-order chi connectivity index (χ0) is 13.7. The highest BCUT2D eigenvalue weighted by Gasteiger charge is 2.03. The van der Waals surface area contributed by atoms with Gasteiger partial charge in [-0.05, 0) is 36.2 Å². The lowest BCUT2D eigenvalue weighted by Crippen LogP contribution is -1.94. The third-order valence-electron chi connectivity index (χ3n) is 2.58. The van der Waals surface area contributed by atoms with Crippen molar-refractivity contribution in [2.45, 2.75) is 19.4 Å². The number of hydrogen-bond acceptors (Lipinski definition) is 3. The molecule has 1 aromatic heterocycles. The first kappa shape index (κ1) is 13.8. The third kappa shape index (κ3) is 3.94. The van der Waals surface area contributed by atoms with Gasteiger partial charge in [-0.25, -0.2) is 4.98 Å². The molecule has 19 heavy (non-hydrogen) atoms. The Morgan fingerprint density at radius 1 is 1.16 bits per heavy atom. The number of nitrogens with zero attached hydrogens (tertiary/aromatic N) is 1. The first-order valence-corrected chi connectivity index (χ1v) is 6.54. The number of benzene rings is 1. The minimum atomic E-state index is 0.448. The number of ether oxygens (including phenoxy) is 2. The molecule has 0 fully saturated rings. The Morgan fingerprint density at radius 3 is 2.74 bits per heavy atom. The van der Waals surface area contributed by atoms with Gasteiger partial charge in [-0.15, -0.1) is 11.6 Å². The number of aryl methyl sites for hydroxylation is 1. The molecule has 0 radical (unpaired) electrons. The summed E-state index contributed by atoms with van der Waals surface area (Å²) in [6.45, 7) is 2.48. The van der Waals surface area contributed by atoms with Crippen LogP contribution in [0.4, 0.5) is 0 Å². The molecular weight excluding hydrogens is 262 g/mol. The van der Waals surface area contributed by atoms with Gasteiger partial charge in [-0.2, -0.15) is 0 Å². The molecule has 0 N–H and O–H groups in total. The molecule has 3 nitrogen and oxygen atoms in total. The van der Waals surface area contributed by atoms with Crippen LogP contribution in [0.1, 0.15) is 16.8 Å².